The Morgan fingerprint density at radius 2 is 1.68 bits per heavy atom. The first-order chi connectivity index (χ1) is 10.3. The molecule has 0 aromatic heterocycles. The van der Waals surface area contributed by atoms with E-state index in [0.717, 1.165) is 12.1 Å². The molecule has 2 amide bonds. The second-order valence-corrected chi connectivity index (χ2v) is 3.91. The molecule has 0 unspecified atom stereocenters. The summed E-state index contributed by atoms with van der Waals surface area (Å²) in [7, 11) is 0. The summed E-state index contributed by atoms with van der Waals surface area (Å²) in [4.78, 5) is 21.4. The quantitative estimate of drug-likeness (QED) is 0.579. The lowest BCUT2D eigenvalue weighted by Gasteiger charge is -2.13. The molecule has 0 radical (unpaired) electrons. The lowest BCUT2D eigenvalue weighted by atomic mass is 10.1. The maximum Gasteiger partial charge on any atom is 0.387 e. The molecule has 1 aromatic rings. The predicted octanol–water partition coefficient (Wildman–Crippen LogP) is 1.03. The highest BCUT2D eigenvalue weighted by Crippen LogP contribution is 2.31. The van der Waals surface area contributed by atoms with Gasteiger partial charge in [0, 0.05) is 6.54 Å². The molecule has 0 aliphatic carbocycles. The summed E-state index contributed by atoms with van der Waals surface area (Å²) in [5, 5.41) is 2.18. The first kappa shape index (κ1) is 17.5. The maximum atomic E-state index is 12.2. The number of rotatable bonds is 7. The fourth-order valence-electron chi connectivity index (χ4n) is 1.50. The standard InChI is InChI=1S/C12H12F4N2O4/c13-11(14)21-7-2-1-6(5-8(7)22-12(15)16)3-4-18-10(20)9(17)19/h1-2,5,11-12H,3-4H2,(H2,17,19)(H,18,20). The van der Waals surface area contributed by atoms with Crippen molar-refractivity contribution in [3.8, 4) is 11.5 Å². The molecule has 1 aromatic carbocycles. The van der Waals surface area contributed by atoms with E-state index in [9.17, 15) is 27.2 Å². The van der Waals surface area contributed by atoms with E-state index < -0.39 is 36.5 Å². The number of carbonyl (C=O) groups excluding carboxylic acids is 2. The van der Waals surface area contributed by atoms with Crippen LogP contribution >= 0.6 is 0 Å². The Kier molecular flexibility index (Phi) is 6.42. The third kappa shape index (κ3) is 5.85. The topological polar surface area (TPSA) is 90.7 Å². The van der Waals surface area contributed by atoms with Gasteiger partial charge in [0.15, 0.2) is 11.5 Å². The van der Waals surface area contributed by atoms with Gasteiger partial charge in [0.05, 0.1) is 0 Å². The highest BCUT2D eigenvalue weighted by Gasteiger charge is 2.15. The number of ether oxygens (including phenoxy) is 2. The summed E-state index contributed by atoms with van der Waals surface area (Å²) in [6.07, 6.45) is 0.133. The first-order valence-electron chi connectivity index (χ1n) is 5.89. The van der Waals surface area contributed by atoms with Crippen LogP contribution in [0.5, 0.6) is 11.5 Å². The van der Waals surface area contributed by atoms with Crippen molar-refractivity contribution in [3.63, 3.8) is 0 Å². The Morgan fingerprint density at radius 1 is 1.09 bits per heavy atom. The van der Waals surface area contributed by atoms with Crippen molar-refractivity contribution in [2.45, 2.75) is 19.6 Å². The van der Waals surface area contributed by atoms with Crippen LogP contribution in [0.25, 0.3) is 0 Å². The molecule has 0 saturated carbocycles. The summed E-state index contributed by atoms with van der Waals surface area (Å²) in [5.41, 5.74) is 5.11. The number of hydrogen-bond acceptors (Lipinski definition) is 4. The van der Waals surface area contributed by atoms with Crippen molar-refractivity contribution in [1.82, 2.24) is 5.32 Å². The SMILES string of the molecule is NC(=O)C(=O)NCCc1ccc(OC(F)F)c(OC(F)F)c1. The van der Waals surface area contributed by atoms with Gasteiger partial charge in [-0.2, -0.15) is 17.6 Å². The van der Waals surface area contributed by atoms with Crippen LogP contribution in [-0.4, -0.2) is 31.6 Å². The number of alkyl halides is 4. The van der Waals surface area contributed by atoms with E-state index in [2.05, 4.69) is 14.8 Å². The zero-order chi connectivity index (χ0) is 16.7. The van der Waals surface area contributed by atoms with Gasteiger partial charge in [0.2, 0.25) is 0 Å². The monoisotopic (exact) mass is 324 g/mol. The Morgan fingerprint density at radius 3 is 2.23 bits per heavy atom. The average molecular weight is 324 g/mol. The van der Waals surface area contributed by atoms with Gasteiger partial charge in [-0.3, -0.25) is 9.59 Å². The molecule has 0 bridgehead atoms. The van der Waals surface area contributed by atoms with Crippen molar-refractivity contribution in [1.29, 1.82) is 0 Å². The third-order valence-corrected chi connectivity index (χ3v) is 2.36. The van der Waals surface area contributed by atoms with E-state index in [1.54, 1.807) is 0 Å². The second-order valence-electron chi connectivity index (χ2n) is 3.91. The van der Waals surface area contributed by atoms with Crippen molar-refractivity contribution < 1.29 is 36.6 Å². The highest BCUT2D eigenvalue weighted by molar-refractivity contribution is 6.34. The van der Waals surface area contributed by atoms with Gasteiger partial charge >= 0.3 is 25.0 Å². The molecule has 0 spiro atoms. The van der Waals surface area contributed by atoms with E-state index in [4.69, 9.17) is 5.73 Å². The summed E-state index contributed by atoms with van der Waals surface area (Å²) < 4.78 is 56.9. The molecule has 0 fully saturated rings. The molecule has 22 heavy (non-hydrogen) atoms. The molecule has 1 rings (SSSR count). The van der Waals surface area contributed by atoms with Crippen LogP contribution in [0.2, 0.25) is 0 Å². The first-order valence-corrected chi connectivity index (χ1v) is 5.89. The summed E-state index contributed by atoms with van der Waals surface area (Å²) in [6.45, 7) is -6.42. The number of halogens is 4. The molecule has 3 N–H and O–H groups in total. The number of nitrogens with two attached hydrogens (primary N) is 1. The fraction of sp³-hybridized carbons (Fsp3) is 0.333. The van der Waals surface area contributed by atoms with Crippen LogP contribution in [-0.2, 0) is 16.0 Å². The summed E-state index contributed by atoms with van der Waals surface area (Å²) >= 11 is 0. The largest absolute Gasteiger partial charge is 0.431 e. The Bertz CT molecular complexity index is 540. The van der Waals surface area contributed by atoms with Gasteiger partial charge in [0.25, 0.3) is 0 Å². The van der Waals surface area contributed by atoms with Crippen LogP contribution in [0.4, 0.5) is 17.6 Å². The summed E-state index contributed by atoms with van der Waals surface area (Å²) in [6, 6.07) is 3.43. The van der Waals surface area contributed by atoms with Gasteiger partial charge in [-0.1, -0.05) is 6.07 Å². The molecule has 122 valence electrons. The van der Waals surface area contributed by atoms with Gasteiger partial charge < -0.3 is 20.5 Å². The zero-order valence-corrected chi connectivity index (χ0v) is 11.0. The van der Waals surface area contributed by atoms with Gasteiger partial charge in [0.1, 0.15) is 0 Å². The minimum absolute atomic E-state index is 0.00899. The van der Waals surface area contributed by atoms with Crippen molar-refractivity contribution in [2.24, 2.45) is 5.73 Å². The number of nitrogens with one attached hydrogen (secondary N) is 1. The van der Waals surface area contributed by atoms with E-state index in [0.29, 0.717) is 5.56 Å². The highest BCUT2D eigenvalue weighted by atomic mass is 19.3. The van der Waals surface area contributed by atoms with E-state index >= 15 is 0 Å². The average Bonchev–Trinajstić information content (AvgIpc) is 2.40. The fourth-order valence-corrected chi connectivity index (χ4v) is 1.50. The van der Waals surface area contributed by atoms with Crippen LogP contribution in [0.15, 0.2) is 18.2 Å². The lowest BCUT2D eigenvalue weighted by molar-refractivity contribution is -0.137. The van der Waals surface area contributed by atoms with Crippen molar-refractivity contribution in [3.05, 3.63) is 23.8 Å². The number of primary amides is 1. The number of hydrogen-bond donors (Lipinski definition) is 2. The van der Waals surface area contributed by atoms with Gasteiger partial charge in [-0.25, -0.2) is 0 Å². The molecule has 6 nitrogen and oxygen atoms in total. The lowest BCUT2D eigenvalue weighted by Crippen LogP contribution is -2.37. The molecule has 10 heteroatoms. The number of amides is 2. The van der Waals surface area contributed by atoms with Gasteiger partial charge in [-0.15, -0.1) is 0 Å². The Hall–Kier alpha value is -2.52. The van der Waals surface area contributed by atoms with E-state index in [1.165, 1.54) is 6.07 Å². The smallest absolute Gasteiger partial charge is 0.387 e. The van der Waals surface area contributed by atoms with Crippen molar-refractivity contribution in [2.75, 3.05) is 6.54 Å². The molecular formula is C12H12F4N2O4. The molecular weight excluding hydrogens is 312 g/mol. The number of carbonyl (C=O) groups is 2. The third-order valence-electron chi connectivity index (χ3n) is 2.36. The normalized spacial score (nSPS) is 10.6. The minimum atomic E-state index is -3.22. The zero-order valence-electron chi connectivity index (χ0n) is 11.0. The Balaban J connectivity index is 2.75. The van der Waals surface area contributed by atoms with Crippen LogP contribution in [0.3, 0.4) is 0 Å². The predicted molar refractivity (Wildman–Crippen MR) is 65.6 cm³/mol. The van der Waals surface area contributed by atoms with E-state index in [-0.39, 0.29) is 13.0 Å². The molecule has 0 aliphatic rings. The molecule has 0 heterocycles. The van der Waals surface area contributed by atoms with Crippen LogP contribution in [0.1, 0.15) is 5.56 Å². The Labute approximate surface area is 122 Å². The van der Waals surface area contributed by atoms with Crippen molar-refractivity contribution >= 4 is 11.8 Å². The molecule has 0 aliphatic heterocycles. The minimum Gasteiger partial charge on any atom is -0.431 e. The number of benzene rings is 1. The van der Waals surface area contributed by atoms with E-state index in [1.807, 2.05) is 0 Å². The summed E-state index contributed by atoms with van der Waals surface area (Å²) in [5.74, 6) is -3.27. The van der Waals surface area contributed by atoms with Crippen LogP contribution < -0.4 is 20.5 Å². The maximum absolute atomic E-state index is 12.2. The van der Waals surface area contributed by atoms with Gasteiger partial charge in [-0.05, 0) is 24.1 Å². The second kappa shape index (κ2) is 8.05. The molecule has 0 atom stereocenters. The van der Waals surface area contributed by atoms with Crippen LogP contribution in [0, 0.1) is 0 Å². The molecule has 0 saturated heterocycles.